The largest absolute Gasteiger partial charge is 0.493 e. The van der Waals surface area contributed by atoms with Gasteiger partial charge in [-0.3, -0.25) is 14.5 Å². The van der Waals surface area contributed by atoms with E-state index in [1.165, 1.54) is 5.56 Å². The zero-order valence-electron chi connectivity index (χ0n) is 21.5. The second kappa shape index (κ2) is 12.9. The molecule has 2 amide bonds. The molecule has 1 aliphatic heterocycles. The average molecular weight is 502 g/mol. The molecular formula is C30H35N3O4. The lowest BCUT2D eigenvalue weighted by Crippen LogP contribution is -2.38. The molecule has 0 aliphatic carbocycles. The van der Waals surface area contributed by atoms with E-state index in [0.717, 1.165) is 38.0 Å². The fourth-order valence-electron chi connectivity index (χ4n) is 4.67. The minimum absolute atomic E-state index is 0.0232. The second-order valence-corrected chi connectivity index (χ2v) is 9.27. The van der Waals surface area contributed by atoms with Crippen LogP contribution in [-0.2, 0) is 17.8 Å². The van der Waals surface area contributed by atoms with Gasteiger partial charge in [0.1, 0.15) is 0 Å². The highest BCUT2D eigenvalue weighted by atomic mass is 16.5. The first-order chi connectivity index (χ1) is 18.1. The Labute approximate surface area is 218 Å². The van der Waals surface area contributed by atoms with Crippen LogP contribution in [0.4, 0.5) is 5.69 Å². The van der Waals surface area contributed by atoms with Crippen LogP contribution in [0.15, 0.2) is 72.8 Å². The van der Waals surface area contributed by atoms with E-state index in [4.69, 9.17) is 9.47 Å². The van der Waals surface area contributed by atoms with Gasteiger partial charge >= 0.3 is 0 Å². The second-order valence-electron chi connectivity index (χ2n) is 9.27. The highest BCUT2D eigenvalue weighted by molar-refractivity contribution is 6.04. The molecular weight excluding hydrogens is 466 g/mol. The Morgan fingerprint density at radius 3 is 2.30 bits per heavy atom. The van der Waals surface area contributed by atoms with Crippen LogP contribution >= 0.6 is 0 Å². The number of benzene rings is 3. The molecule has 3 aromatic carbocycles. The van der Waals surface area contributed by atoms with Gasteiger partial charge < -0.3 is 20.1 Å². The lowest BCUT2D eigenvalue weighted by atomic mass is 9.95. The Hall–Kier alpha value is -3.84. The summed E-state index contributed by atoms with van der Waals surface area (Å²) in [6.07, 6.45) is 2.25. The molecule has 1 fully saturated rings. The van der Waals surface area contributed by atoms with Crippen molar-refractivity contribution in [3.8, 4) is 11.5 Å². The molecule has 7 heteroatoms. The van der Waals surface area contributed by atoms with Crippen molar-refractivity contribution in [2.24, 2.45) is 5.92 Å². The third-order valence-corrected chi connectivity index (χ3v) is 6.78. The molecule has 0 atom stereocenters. The zero-order chi connectivity index (χ0) is 26.0. The number of nitrogens with zero attached hydrogens (tertiary/aromatic N) is 1. The number of anilines is 1. The van der Waals surface area contributed by atoms with E-state index in [1.807, 2.05) is 30.3 Å². The van der Waals surface area contributed by atoms with Crippen LogP contribution in [0.25, 0.3) is 0 Å². The summed E-state index contributed by atoms with van der Waals surface area (Å²) >= 11 is 0. The molecule has 4 rings (SSSR count). The van der Waals surface area contributed by atoms with Gasteiger partial charge in [-0.2, -0.15) is 0 Å². The SMILES string of the molecule is COc1ccc(CCNC(=O)c2ccccc2NC(=O)C2CCN(Cc3ccccc3)CC2)cc1OC. The number of nitrogens with one attached hydrogen (secondary N) is 2. The summed E-state index contributed by atoms with van der Waals surface area (Å²) in [7, 11) is 3.20. The van der Waals surface area contributed by atoms with Crippen molar-refractivity contribution in [1.29, 1.82) is 0 Å². The summed E-state index contributed by atoms with van der Waals surface area (Å²) in [6.45, 7) is 3.12. The maximum Gasteiger partial charge on any atom is 0.253 e. The molecule has 1 heterocycles. The first-order valence-corrected chi connectivity index (χ1v) is 12.7. The van der Waals surface area contributed by atoms with E-state index in [9.17, 15) is 9.59 Å². The van der Waals surface area contributed by atoms with Gasteiger partial charge in [0.15, 0.2) is 11.5 Å². The van der Waals surface area contributed by atoms with Gasteiger partial charge in [-0.15, -0.1) is 0 Å². The van der Waals surface area contributed by atoms with Gasteiger partial charge in [0, 0.05) is 19.0 Å². The highest BCUT2D eigenvalue weighted by Gasteiger charge is 2.26. The number of amides is 2. The summed E-state index contributed by atoms with van der Waals surface area (Å²) in [4.78, 5) is 28.4. The molecule has 0 unspecified atom stereocenters. The third kappa shape index (κ3) is 7.11. The standard InChI is InChI=1S/C30H35N3O4/c1-36-27-13-12-22(20-28(27)37-2)14-17-31-30(35)25-10-6-7-11-26(25)32-29(34)24-15-18-33(19-16-24)21-23-8-4-3-5-9-23/h3-13,20,24H,14-19,21H2,1-2H3,(H,31,35)(H,32,34). The number of piperidine rings is 1. The van der Waals surface area contributed by atoms with Gasteiger partial charge in [0.05, 0.1) is 25.5 Å². The lowest BCUT2D eigenvalue weighted by Gasteiger charge is -2.31. The smallest absolute Gasteiger partial charge is 0.253 e. The van der Waals surface area contributed by atoms with E-state index in [0.29, 0.717) is 35.7 Å². The van der Waals surface area contributed by atoms with E-state index in [-0.39, 0.29) is 17.7 Å². The number of carbonyl (C=O) groups is 2. The van der Waals surface area contributed by atoms with Crippen molar-refractivity contribution in [2.75, 3.05) is 39.2 Å². The predicted molar refractivity (Wildman–Crippen MR) is 145 cm³/mol. The van der Waals surface area contributed by atoms with Crippen molar-refractivity contribution < 1.29 is 19.1 Å². The van der Waals surface area contributed by atoms with Crippen molar-refractivity contribution in [2.45, 2.75) is 25.8 Å². The topological polar surface area (TPSA) is 79.9 Å². The first kappa shape index (κ1) is 26.2. The number of methoxy groups -OCH3 is 2. The summed E-state index contributed by atoms with van der Waals surface area (Å²) in [5.41, 5.74) is 3.32. The summed E-state index contributed by atoms with van der Waals surface area (Å²) in [5.74, 6) is 1.03. The molecule has 1 aliphatic rings. The van der Waals surface area contributed by atoms with Gasteiger partial charge in [-0.25, -0.2) is 0 Å². The Morgan fingerprint density at radius 1 is 0.865 bits per heavy atom. The molecule has 0 aromatic heterocycles. The van der Waals surface area contributed by atoms with E-state index in [2.05, 4.69) is 39.8 Å². The van der Waals surface area contributed by atoms with Crippen molar-refractivity contribution >= 4 is 17.5 Å². The van der Waals surface area contributed by atoms with Crippen molar-refractivity contribution in [1.82, 2.24) is 10.2 Å². The van der Waals surface area contributed by atoms with Gasteiger partial charge in [-0.05, 0) is 67.7 Å². The number of para-hydroxylation sites is 1. The minimum Gasteiger partial charge on any atom is -0.493 e. The predicted octanol–water partition coefficient (Wildman–Crippen LogP) is 4.53. The third-order valence-electron chi connectivity index (χ3n) is 6.78. The lowest BCUT2D eigenvalue weighted by molar-refractivity contribution is -0.121. The first-order valence-electron chi connectivity index (χ1n) is 12.7. The Kier molecular flexibility index (Phi) is 9.16. The van der Waals surface area contributed by atoms with Crippen LogP contribution in [0.3, 0.4) is 0 Å². The minimum atomic E-state index is -0.214. The molecule has 0 spiro atoms. The molecule has 7 nitrogen and oxygen atoms in total. The maximum absolute atomic E-state index is 13.0. The number of hydrogen-bond donors (Lipinski definition) is 2. The highest BCUT2D eigenvalue weighted by Crippen LogP contribution is 2.27. The van der Waals surface area contributed by atoms with Gasteiger partial charge in [0.25, 0.3) is 5.91 Å². The van der Waals surface area contributed by atoms with Crippen LogP contribution in [0, 0.1) is 5.92 Å². The van der Waals surface area contributed by atoms with Crippen molar-refractivity contribution in [3.63, 3.8) is 0 Å². The summed E-state index contributed by atoms with van der Waals surface area (Å²) in [6, 6.07) is 23.3. The number of ether oxygens (including phenoxy) is 2. The van der Waals surface area contributed by atoms with Crippen molar-refractivity contribution in [3.05, 3.63) is 89.5 Å². The normalized spacial score (nSPS) is 14.1. The molecule has 3 aromatic rings. The van der Waals surface area contributed by atoms with E-state index >= 15 is 0 Å². The quantitative estimate of drug-likeness (QED) is 0.427. The average Bonchev–Trinajstić information content (AvgIpc) is 2.94. The fraction of sp³-hybridized carbons (Fsp3) is 0.333. The molecule has 1 saturated heterocycles. The van der Waals surface area contributed by atoms with Gasteiger partial charge in [-0.1, -0.05) is 48.5 Å². The van der Waals surface area contributed by atoms with Crippen LogP contribution in [0.1, 0.15) is 34.3 Å². The molecule has 2 N–H and O–H groups in total. The monoisotopic (exact) mass is 501 g/mol. The number of hydrogen-bond acceptors (Lipinski definition) is 5. The number of carbonyl (C=O) groups excluding carboxylic acids is 2. The number of rotatable bonds is 10. The molecule has 37 heavy (non-hydrogen) atoms. The Bertz CT molecular complexity index is 1190. The molecule has 0 radical (unpaired) electrons. The molecule has 194 valence electrons. The molecule has 0 bridgehead atoms. The zero-order valence-corrected chi connectivity index (χ0v) is 21.5. The molecule has 0 saturated carbocycles. The van der Waals surface area contributed by atoms with Gasteiger partial charge in [0.2, 0.25) is 5.91 Å². The fourth-order valence-corrected chi connectivity index (χ4v) is 4.67. The summed E-state index contributed by atoms with van der Waals surface area (Å²) in [5, 5.41) is 5.98. The summed E-state index contributed by atoms with van der Waals surface area (Å²) < 4.78 is 10.6. The van der Waals surface area contributed by atoms with E-state index in [1.54, 1.807) is 32.4 Å². The number of likely N-dealkylation sites (tertiary alicyclic amines) is 1. The van der Waals surface area contributed by atoms with Crippen LogP contribution in [0.2, 0.25) is 0 Å². The van der Waals surface area contributed by atoms with E-state index < -0.39 is 0 Å². The Morgan fingerprint density at radius 2 is 1.57 bits per heavy atom. The van der Waals surface area contributed by atoms with Crippen LogP contribution < -0.4 is 20.1 Å². The van der Waals surface area contributed by atoms with Crippen LogP contribution in [-0.4, -0.2) is 50.6 Å². The van der Waals surface area contributed by atoms with Crippen LogP contribution in [0.5, 0.6) is 11.5 Å². The maximum atomic E-state index is 13.0. The Balaban J connectivity index is 1.28.